The number of rotatable bonds is 5. The van der Waals surface area contributed by atoms with Gasteiger partial charge in [-0.1, -0.05) is 36.7 Å². The summed E-state index contributed by atoms with van der Waals surface area (Å²) >= 11 is 6.14. The van der Waals surface area contributed by atoms with E-state index in [2.05, 4.69) is 47.2 Å². The predicted molar refractivity (Wildman–Crippen MR) is 109 cm³/mol. The number of piperazine rings is 1. The molecule has 1 heterocycles. The fourth-order valence-corrected chi connectivity index (χ4v) is 3.46. The first-order valence-corrected chi connectivity index (χ1v) is 9.55. The average Bonchev–Trinajstić information content (AvgIpc) is 2.65. The van der Waals surface area contributed by atoms with Crippen LogP contribution in [0, 0.1) is 6.92 Å². The van der Waals surface area contributed by atoms with E-state index in [1.165, 1.54) is 16.8 Å². The molecule has 0 aromatic heterocycles. The highest BCUT2D eigenvalue weighted by Gasteiger charge is 2.20. The van der Waals surface area contributed by atoms with Crippen molar-refractivity contribution in [2.75, 3.05) is 42.9 Å². The lowest BCUT2D eigenvalue weighted by Gasteiger charge is -2.36. The number of anilines is 2. The number of halogens is 1. The molecule has 0 saturated carbocycles. The Labute approximate surface area is 160 Å². The summed E-state index contributed by atoms with van der Waals surface area (Å²) in [6.07, 6.45) is 1.00. The zero-order valence-electron chi connectivity index (χ0n) is 15.5. The predicted octanol–water partition coefficient (Wildman–Crippen LogP) is 3.97. The van der Waals surface area contributed by atoms with Crippen LogP contribution < -0.4 is 10.2 Å². The van der Waals surface area contributed by atoms with Crippen molar-refractivity contribution in [3.05, 3.63) is 58.6 Å². The zero-order chi connectivity index (χ0) is 18.5. The Morgan fingerprint density at radius 2 is 1.77 bits per heavy atom. The van der Waals surface area contributed by atoms with Gasteiger partial charge in [0.2, 0.25) is 5.91 Å². The Hall–Kier alpha value is -2.04. The van der Waals surface area contributed by atoms with Crippen molar-refractivity contribution in [2.45, 2.75) is 20.3 Å². The highest BCUT2D eigenvalue weighted by molar-refractivity contribution is 6.30. The van der Waals surface area contributed by atoms with Gasteiger partial charge in [0.25, 0.3) is 0 Å². The smallest absolute Gasteiger partial charge is 0.238 e. The SMILES string of the molecule is CCc1ccc(NC(=O)CN2CCN(c3cc(Cl)ccc3C)CC2)cc1. The average molecular weight is 372 g/mol. The molecule has 1 amide bonds. The molecule has 1 aliphatic rings. The van der Waals surface area contributed by atoms with Gasteiger partial charge in [0.1, 0.15) is 0 Å². The van der Waals surface area contributed by atoms with Crippen molar-refractivity contribution >= 4 is 28.9 Å². The zero-order valence-corrected chi connectivity index (χ0v) is 16.2. The summed E-state index contributed by atoms with van der Waals surface area (Å²) in [5.74, 6) is 0.0432. The lowest BCUT2D eigenvalue weighted by atomic mass is 10.1. The Balaban J connectivity index is 1.50. The number of nitrogens with zero attached hydrogens (tertiary/aromatic N) is 2. The Bertz CT molecular complexity index is 752. The Kier molecular flexibility index (Phi) is 6.17. The number of hydrogen-bond donors (Lipinski definition) is 1. The number of carbonyl (C=O) groups is 1. The third kappa shape index (κ3) is 4.77. The van der Waals surface area contributed by atoms with Gasteiger partial charge in [0, 0.05) is 42.6 Å². The van der Waals surface area contributed by atoms with E-state index in [1.54, 1.807) is 0 Å². The molecule has 0 spiro atoms. The summed E-state index contributed by atoms with van der Waals surface area (Å²) in [4.78, 5) is 16.8. The normalized spacial score (nSPS) is 15.1. The number of nitrogens with one attached hydrogen (secondary N) is 1. The molecule has 3 rings (SSSR count). The van der Waals surface area contributed by atoms with E-state index in [4.69, 9.17) is 11.6 Å². The van der Waals surface area contributed by atoms with Gasteiger partial charge in [0.15, 0.2) is 0 Å². The monoisotopic (exact) mass is 371 g/mol. The molecule has 138 valence electrons. The van der Waals surface area contributed by atoms with Crippen molar-refractivity contribution in [2.24, 2.45) is 0 Å². The number of amides is 1. The lowest BCUT2D eigenvalue weighted by Crippen LogP contribution is -2.48. The molecule has 0 radical (unpaired) electrons. The van der Waals surface area contributed by atoms with Gasteiger partial charge in [0.05, 0.1) is 6.54 Å². The molecule has 0 aliphatic carbocycles. The van der Waals surface area contributed by atoms with E-state index in [-0.39, 0.29) is 5.91 Å². The maximum absolute atomic E-state index is 12.3. The molecule has 1 aliphatic heterocycles. The first kappa shape index (κ1) is 18.7. The molecule has 1 N–H and O–H groups in total. The summed E-state index contributed by atoms with van der Waals surface area (Å²) in [5, 5.41) is 3.75. The van der Waals surface area contributed by atoms with Crippen LogP contribution >= 0.6 is 11.6 Å². The minimum Gasteiger partial charge on any atom is -0.369 e. The molecule has 4 nitrogen and oxygen atoms in total. The van der Waals surface area contributed by atoms with Crippen LogP contribution in [0.4, 0.5) is 11.4 Å². The van der Waals surface area contributed by atoms with Crippen LogP contribution in [0.3, 0.4) is 0 Å². The molecule has 2 aromatic rings. The number of aryl methyl sites for hydroxylation is 2. The first-order chi connectivity index (χ1) is 12.5. The van der Waals surface area contributed by atoms with Gasteiger partial charge in [-0.2, -0.15) is 0 Å². The third-order valence-electron chi connectivity index (χ3n) is 4.90. The molecule has 2 aromatic carbocycles. The maximum Gasteiger partial charge on any atom is 0.238 e. The van der Waals surface area contributed by atoms with E-state index < -0.39 is 0 Å². The molecule has 0 bridgehead atoms. The first-order valence-electron chi connectivity index (χ1n) is 9.17. The van der Waals surface area contributed by atoms with Gasteiger partial charge in [-0.25, -0.2) is 0 Å². The minimum absolute atomic E-state index is 0.0432. The second kappa shape index (κ2) is 8.56. The van der Waals surface area contributed by atoms with Crippen molar-refractivity contribution in [3.63, 3.8) is 0 Å². The highest BCUT2D eigenvalue weighted by Crippen LogP contribution is 2.25. The lowest BCUT2D eigenvalue weighted by molar-refractivity contribution is -0.117. The summed E-state index contributed by atoms with van der Waals surface area (Å²) in [5.41, 5.74) is 4.56. The van der Waals surface area contributed by atoms with Crippen LogP contribution in [0.25, 0.3) is 0 Å². The van der Waals surface area contributed by atoms with Gasteiger partial charge >= 0.3 is 0 Å². The van der Waals surface area contributed by atoms with Crippen LogP contribution in [0.1, 0.15) is 18.1 Å². The second-order valence-electron chi connectivity index (χ2n) is 6.79. The van der Waals surface area contributed by atoms with Crippen molar-refractivity contribution in [1.29, 1.82) is 0 Å². The van der Waals surface area contributed by atoms with Crippen molar-refractivity contribution in [3.8, 4) is 0 Å². The number of carbonyl (C=O) groups excluding carboxylic acids is 1. The standard InChI is InChI=1S/C21H26ClN3O/c1-3-17-5-8-19(9-6-17)23-21(26)15-24-10-12-25(13-11-24)20-14-18(22)7-4-16(20)2/h4-9,14H,3,10-13,15H2,1-2H3,(H,23,26). The van der Waals surface area contributed by atoms with Gasteiger partial charge < -0.3 is 10.2 Å². The Morgan fingerprint density at radius 3 is 2.42 bits per heavy atom. The van der Waals surface area contributed by atoms with E-state index in [1.807, 2.05) is 24.3 Å². The van der Waals surface area contributed by atoms with E-state index in [0.717, 1.165) is 43.3 Å². The van der Waals surface area contributed by atoms with Crippen LogP contribution in [0.15, 0.2) is 42.5 Å². The van der Waals surface area contributed by atoms with Crippen LogP contribution in [0.5, 0.6) is 0 Å². The van der Waals surface area contributed by atoms with Gasteiger partial charge in [-0.3, -0.25) is 9.69 Å². The van der Waals surface area contributed by atoms with E-state index >= 15 is 0 Å². The Morgan fingerprint density at radius 1 is 1.08 bits per heavy atom. The molecular formula is C21H26ClN3O. The number of benzene rings is 2. The molecule has 0 atom stereocenters. The molecule has 5 heteroatoms. The highest BCUT2D eigenvalue weighted by atomic mass is 35.5. The fraction of sp³-hybridized carbons (Fsp3) is 0.381. The summed E-state index contributed by atoms with van der Waals surface area (Å²) < 4.78 is 0. The molecular weight excluding hydrogens is 346 g/mol. The molecule has 0 unspecified atom stereocenters. The van der Waals surface area contributed by atoms with Gasteiger partial charge in [-0.15, -0.1) is 0 Å². The minimum atomic E-state index is 0.0432. The van der Waals surface area contributed by atoms with Gasteiger partial charge in [-0.05, 0) is 48.7 Å². The number of hydrogen-bond acceptors (Lipinski definition) is 3. The second-order valence-corrected chi connectivity index (χ2v) is 7.23. The summed E-state index contributed by atoms with van der Waals surface area (Å²) in [6, 6.07) is 14.1. The van der Waals surface area contributed by atoms with Crippen LogP contribution in [0.2, 0.25) is 5.02 Å². The summed E-state index contributed by atoms with van der Waals surface area (Å²) in [7, 11) is 0. The van der Waals surface area contributed by atoms with Crippen molar-refractivity contribution < 1.29 is 4.79 Å². The topological polar surface area (TPSA) is 35.6 Å². The molecule has 1 fully saturated rings. The fourth-order valence-electron chi connectivity index (χ4n) is 3.30. The van der Waals surface area contributed by atoms with Crippen LogP contribution in [-0.4, -0.2) is 43.5 Å². The van der Waals surface area contributed by atoms with Crippen LogP contribution in [-0.2, 0) is 11.2 Å². The largest absolute Gasteiger partial charge is 0.369 e. The maximum atomic E-state index is 12.3. The van der Waals surface area contributed by atoms with E-state index in [0.29, 0.717) is 6.54 Å². The van der Waals surface area contributed by atoms with E-state index in [9.17, 15) is 4.79 Å². The third-order valence-corrected chi connectivity index (χ3v) is 5.13. The molecule has 1 saturated heterocycles. The van der Waals surface area contributed by atoms with Crippen molar-refractivity contribution in [1.82, 2.24) is 4.90 Å². The molecule has 26 heavy (non-hydrogen) atoms. The quantitative estimate of drug-likeness (QED) is 0.863. The summed E-state index contributed by atoms with van der Waals surface area (Å²) in [6.45, 7) is 8.20.